The van der Waals surface area contributed by atoms with Gasteiger partial charge in [0.05, 0.1) is 0 Å². The van der Waals surface area contributed by atoms with Crippen molar-refractivity contribution in [1.82, 2.24) is 4.98 Å². The predicted octanol–water partition coefficient (Wildman–Crippen LogP) is 3.66. The summed E-state index contributed by atoms with van der Waals surface area (Å²) in [6.45, 7) is 0. The third-order valence-electron chi connectivity index (χ3n) is 3.48. The standard InChI is InChI=1S/C14H13F3N2O/c1-18-12-8-4-2-6-10(8)19-13-9(12)5-3-7-11(13)20-14(15,16)17/h3,5,7H,2,4,6H2,1H3,(H,18,19). The van der Waals surface area contributed by atoms with Crippen molar-refractivity contribution in [2.75, 3.05) is 12.4 Å². The van der Waals surface area contributed by atoms with Gasteiger partial charge in [-0.1, -0.05) is 12.1 Å². The van der Waals surface area contributed by atoms with Gasteiger partial charge in [0.15, 0.2) is 5.75 Å². The molecule has 106 valence electrons. The minimum Gasteiger partial charge on any atom is -0.403 e. The molecule has 1 heterocycles. The SMILES string of the molecule is CNc1c2c(nc3c(OC(F)(F)F)cccc13)CCC2. The molecule has 0 radical (unpaired) electrons. The molecule has 0 aliphatic heterocycles. The van der Waals surface area contributed by atoms with Crippen molar-refractivity contribution in [3.63, 3.8) is 0 Å². The molecular formula is C14H13F3N2O. The Morgan fingerprint density at radius 1 is 1.25 bits per heavy atom. The molecule has 3 rings (SSSR count). The Morgan fingerprint density at radius 2 is 2.05 bits per heavy atom. The van der Waals surface area contributed by atoms with Crippen molar-refractivity contribution in [1.29, 1.82) is 0 Å². The highest BCUT2D eigenvalue weighted by Crippen LogP contribution is 2.38. The van der Waals surface area contributed by atoms with Crippen LogP contribution in [0.2, 0.25) is 0 Å². The van der Waals surface area contributed by atoms with Gasteiger partial charge in [-0.05, 0) is 30.9 Å². The summed E-state index contributed by atoms with van der Waals surface area (Å²) >= 11 is 0. The Labute approximate surface area is 113 Å². The Kier molecular flexibility index (Phi) is 2.96. The fraction of sp³-hybridized carbons (Fsp3) is 0.357. The number of aryl methyl sites for hydroxylation is 1. The number of nitrogens with zero attached hydrogens (tertiary/aromatic N) is 1. The minimum absolute atomic E-state index is 0.249. The number of benzene rings is 1. The lowest BCUT2D eigenvalue weighted by Gasteiger charge is -2.15. The van der Waals surface area contributed by atoms with Crippen LogP contribution < -0.4 is 10.1 Å². The van der Waals surface area contributed by atoms with E-state index in [0.29, 0.717) is 5.39 Å². The lowest BCUT2D eigenvalue weighted by molar-refractivity contribution is -0.274. The summed E-state index contributed by atoms with van der Waals surface area (Å²) in [6.07, 6.45) is -2.04. The molecule has 0 saturated heterocycles. The number of rotatable bonds is 2. The third-order valence-corrected chi connectivity index (χ3v) is 3.48. The van der Waals surface area contributed by atoms with Crippen LogP contribution in [0.5, 0.6) is 5.75 Å². The lowest BCUT2D eigenvalue weighted by Crippen LogP contribution is -2.17. The van der Waals surface area contributed by atoms with Crippen molar-refractivity contribution in [2.24, 2.45) is 0 Å². The summed E-state index contributed by atoms with van der Waals surface area (Å²) in [5.41, 5.74) is 3.08. The fourth-order valence-corrected chi connectivity index (χ4v) is 2.75. The molecule has 3 nitrogen and oxygen atoms in total. The van der Waals surface area contributed by atoms with Crippen LogP contribution in [0, 0.1) is 0 Å². The summed E-state index contributed by atoms with van der Waals surface area (Å²) in [4.78, 5) is 4.38. The quantitative estimate of drug-likeness (QED) is 0.912. The number of anilines is 1. The first kappa shape index (κ1) is 13.0. The number of hydrogen-bond donors (Lipinski definition) is 1. The molecule has 0 atom stereocenters. The second kappa shape index (κ2) is 4.54. The van der Waals surface area contributed by atoms with E-state index >= 15 is 0 Å². The van der Waals surface area contributed by atoms with Gasteiger partial charge < -0.3 is 10.1 Å². The summed E-state index contributed by atoms with van der Waals surface area (Å²) in [6, 6.07) is 4.60. The number of fused-ring (bicyclic) bond motifs is 2. The van der Waals surface area contributed by atoms with Crippen LogP contribution in [-0.2, 0) is 12.8 Å². The Morgan fingerprint density at radius 3 is 2.75 bits per heavy atom. The maximum absolute atomic E-state index is 12.5. The Bertz CT molecular complexity index is 667. The number of alkyl halides is 3. The van der Waals surface area contributed by atoms with E-state index in [1.165, 1.54) is 6.07 Å². The van der Waals surface area contributed by atoms with Crippen molar-refractivity contribution >= 4 is 16.6 Å². The Balaban J connectivity index is 2.25. The first-order valence-corrected chi connectivity index (χ1v) is 6.37. The highest BCUT2D eigenvalue weighted by molar-refractivity contribution is 5.97. The smallest absolute Gasteiger partial charge is 0.403 e. The van der Waals surface area contributed by atoms with Gasteiger partial charge >= 0.3 is 6.36 Å². The van der Waals surface area contributed by atoms with E-state index in [0.717, 1.165) is 36.2 Å². The maximum Gasteiger partial charge on any atom is 0.573 e. The summed E-state index contributed by atoms with van der Waals surface area (Å²) in [7, 11) is 1.77. The molecule has 0 spiro atoms. The van der Waals surface area contributed by atoms with Gasteiger partial charge in [0.25, 0.3) is 0 Å². The topological polar surface area (TPSA) is 34.2 Å². The van der Waals surface area contributed by atoms with Crippen LogP contribution in [0.3, 0.4) is 0 Å². The van der Waals surface area contributed by atoms with Crippen molar-refractivity contribution in [3.05, 3.63) is 29.5 Å². The lowest BCUT2D eigenvalue weighted by atomic mass is 10.1. The normalized spacial score (nSPS) is 14.4. The van der Waals surface area contributed by atoms with Crippen LogP contribution in [0.4, 0.5) is 18.9 Å². The van der Waals surface area contributed by atoms with Gasteiger partial charge in [0, 0.05) is 23.8 Å². The van der Waals surface area contributed by atoms with E-state index in [2.05, 4.69) is 15.0 Å². The molecule has 1 aromatic carbocycles. The zero-order valence-corrected chi connectivity index (χ0v) is 10.8. The monoisotopic (exact) mass is 282 g/mol. The third kappa shape index (κ3) is 2.15. The maximum atomic E-state index is 12.5. The zero-order chi connectivity index (χ0) is 14.3. The number of para-hydroxylation sites is 1. The molecule has 1 aromatic heterocycles. The van der Waals surface area contributed by atoms with Gasteiger partial charge in [-0.3, -0.25) is 0 Å². The van der Waals surface area contributed by atoms with E-state index in [9.17, 15) is 13.2 Å². The summed E-state index contributed by atoms with van der Waals surface area (Å²) < 4.78 is 41.5. The molecule has 6 heteroatoms. The van der Waals surface area contributed by atoms with Gasteiger partial charge in [0.1, 0.15) is 5.52 Å². The van der Waals surface area contributed by atoms with E-state index in [-0.39, 0.29) is 11.3 Å². The second-order valence-corrected chi connectivity index (χ2v) is 4.72. The van der Waals surface area contributed by atoms with Gasteiger partial charge in [-0.15, -0.1) is 13.2 Å². The summed E-state index contributed by atoms with van der Waals surface area (Å²) in [5, 5.41) is 3.75. The second-order valence-electron chi connectivity index (χ2n) is 4.72. The van der Waals surface area contributed by atoms with Crippen LogP contribution in [0.25, 0.3) is 10.9 Å². The molecule has 20 heavy (non-hydrogen) atoms. The Hall–Kier alpha value is -1.98. The van der Waals surface area contributed by atoms with Gasteiger partial charge in [-0.25, -0.2) is 4.98 Å². The number of halogens is 3. The van der Waals surface area contributed by atoms with Crippen LogP contribution in [-0.4, -0.2) is 18.4 Å². The number of ether oxygens (including phenoxy) is 1. The van der Waals surface area contributed by atoms with Crippen LogP contribution >= 0.6 is 0 Å². The molecule has 0 saturated carbocycles. The van der Waals surface area contributed by atoms with Crippen molar-refractivity contribution in [3.8, 4) is 5.75 Å². The molecule has 0 amide bonds. The number of aromatic nitrogens is 1. The van der Waals surface area contributed by atoms with Crippen molar-refractivity contribution < 1.29 is 17.9 Å². The first-order chi connectivity index (χ1) is 9.49. The predicted molar refractivity (Wildman–Crippen MR) is 70.0 cm³/mol. The molecule has 0 fully saturated rings. The zero-order valence-electron chi connectivity index (χ0n) is 10.8. The van der Waals surface area contributed by atoms with E-state index in [4.69, 9.17) is 0 Å². The molecule has 2 aromatic rings. The van der Waals surface area contributed by atoms with Crippen molar-refractivity contribution in [2.45, 2.75) is 25.6 Å². The van der Waals surface area contributed by atoms with Crippen LogP contribution in [0.15, 0.2) is 18.2 Å². The number of hydrogen-bond acceptors (Lipinski definition) is 3. The molecule has 0 unspecified atom stereocenters. The average Bonchev–Trinajstić information content (AvgIpc) is 2.82. The summed E-state index contributed by atoms with van der Waals surface area (Å²) in [5.74, 6) is -0.249. The van der Waals surface area contributed by atoms with Crippen LogP contribution in [0.1, 0.15) is 17.7 Å². The van der Waals surface area contributed by atoms with E-state index < -0.39 is 6.36 Å². The first-order valence-electron chi connectivity index (χ1n) is 6.37. The minimum atomic E-state index is -4.71. The van der Waals surface area contributed by atoms with Gasteiger partial charge in [-0.2, -0.15) is 0 Å². The molecule has 1 aliphatic carbocycles. The highest BCUT2D eigenvalue weighted by Gasteiger charge is 2.32. The molecular weight excluding hydrogens is 269 g/mol. The molecule has 1 N–H and O–H groups in total. The largest absolute Gasteiger partial charge is 0.573 e. The highest BCUT2D eigenvalue weighted by atomic mass is 19.4. The fourth-order valence-electron chi connectivity index (χ4n) is 2.75. The molecule has 1 aliphatic rings. The average molecular weight is 282 g/mol. The molecule has 0 bridgehead atoms. The number of nitrogens with one attached hydrogen (secondary N) is 1. The van der Waals surface area contributed by atoms with E-state index in [1.54, 1.807) is 19.2 Å². The number of pyridine rings is 1. The van der Waals surface area contributed by atoms with E-state index in [1.807, 2.05) is 0 Å². The van der Waals surface area contributed by atoms with Gasteiger partial charge in [0.2, 0.25) is 0 Å².